The van der Waals surface area contributed by atoms with E-state index in [1.807, 2.05) is 0 Å². The molecule has 2 aromatic rings. The molecule has 7 aliphatic carbocycles. The number of allylic oxidation sites excluding steroid dienone is 13. The van der Waals surface area contributed by atoms with Gasteiger partial charge >= 0.3 is 0 Å². The number of hydrogen-bond acceptors (Lipinski definition) is 2. The maximum Gasteiger partial charge on any atom is 0.124 e. The van der Waals surface area contributed by atoms with Crippen LogP contribution < -0.4 is 0 Å². The molecule has 0 radical (unpaired) electrons. The summed E-state index contributed by atoms with van der Waals surface area (Å²) < 4.78 is 17.0. The Labute approximate surface area is 309 Å². The first kappa shape index (κ1) is 31.4. The van der Waals surface area contributed by atoms with Crippen LogP contribution in [0, 0.1) is 23.2 Å². The van der Waals surface area contributed by atoms with E-state index < -0.39 is 0 Å². The molecule has 3 nitrogen and oxygen atoms in total. The van der Waals surface area contributed by atoms with E-state index in [0.29, 0.717) is 23.8 Å². The summed E-state index contributed by atoms with van der Waals surface area (Å²) in [5.41, 5.74) is 12.2. The minimum Gasteiger partial charge on any atom is -0.490 e. The van der Waals surface area contributed by atoms with Crippen molar-refractivity contribution in [1.82, 2.24) is 4.57 Å². The van der Waals surface area contributed by atoms with Crippen molar-refractivity contribution in [1.29, 1.82) is 0 Å². The molecule has 1 saturated heterocycles. The third-order valence-corrected chi connectivity index (χ3v) is 14.4. The fraction of sp³-hybridized carbons (Fsp3) is 0.429. The predicted molar refractivity (Wildman–Crippen MR) is 210 cm³/mol. The molecule has 3 heterocycles. The molecule has 1 saturated carbocycles. The van der Waals surface area contributed by atoms with Crippen LogP contribution in [0.1, 0.15) is 97.8 Å². The minimum atomic E-state index is -0.149. The highest BCUT2D eigenvalue weighted by atomic mass is 16.5. The molecule has 2 fully saturated rings. The SMILES string of the molecule is C1=CCC2OC3=C(C=CCC3)C3(C2=C1)C1C=C(C2C=Cc4c(c5c(n4C4C=CC=CC4)CCCC5)C2)C=CC1OC1CCC(c2ccccc2)CC13. The summed E-state index contributed by atoms with van der Waals surface area (Å²) >= 11 is 0. The maximum absolute atomic E-state index is 7.30. The highest BCUT2D eigenvalue weighted by Gasteiger charge is 2.63. The summed E-state index contributed by atoms with van der Waals surface area (Å²) in [6.45, 7) is 0. The van der Waals surface area contributed by atoms with Gasteiger partial charge in [0.15, 0.2) is 0 Å². The Kier molecular flexibility index (Phi) is 7.57. The van der Waals surface area contributed by atoms with Gasteiger partial charge in [-0.2, -0.15) is 0 Å². The zero-order valence-corrected chi connectivity index (χ0v) is 30.3. The van der Waals surface area contributed by atoms with Gasteiger partial charge in [-0.05, 0) is 104 Å². The fourth-order valence-electron chi connectivity index (χ4n) is 12.3. The summed E-state index contributed by atoms with van der Waals surface area (Å²) in [4.78, 5) is 0. The number of ether oxygens (including phenoxy) is 2. The Morgan fingerprint density at radius 2 is 1.73 bits per heavy atom. The number of aromatic nitrogens is 1. The quantitative estimate of drug-likeness (QED) is 0.321. The van der Waals surface area contributed by atoms with Crippen molar-refractivity contribution in [2.24, 2.45) is 23.2 Å². The normalized spacial score (nSPS) is 36.5. The van der Waals surface area contributed by atoms with Gasteiger partial charge in [-0.15, -0.1) is 0 Å². The Morgan fingerprint density at radius 1 is 0.808 bits per heavy atom. The van der Waals surface area contributed by atoms with Gasteiger partial charge in [-0.3, -0.25) is 0 Å². The lowest BCUT2D eigenvalue weighted by molar-refractivity contribution is -0.159. The van der Waals surface area contributed by atoms with Gasteiger partial charge in [0.2, 0.25) is 0 Å². The maximum atomic E-state index is 7.30. The standard InChI is InChI=1S/C49H51NO2/c1-3-13-32(14-4-1)34-24-27-47-41(30-34)49(39-18-8-11-21-45(39)51-46-22-12-9-19-40(46)49)42-31-35(25-28-48(42)52-47)33-23-26-44-38(29-33)37-17-7-10-20-43(37)50(44)36-15-5-2-6-16-36/h1-6,8-9,11,13-15,18-19,23,25-26,28,31,33-34,36,41-42,45,47-48H,7,10,12,16-17,20-22,24,27,29-30H2. The first-order valence-corrected chi connectivity index (χ1v) is 20.6. The van der Waals surface area contributed by atoms with Crippen LogP contribution in [0.5, 0.6) is 0 Å². The highest BCUT2D eigenvalue weighted by Crippen LogP contribution is 2.66. The van der Waals surface area contributed by atoms with Gasteiger partial charge < -0.3 is 14.0 Å². The molecule has 9 unspecified atom stereocenters. The Bertz CT molecular complexity index is 2060. The molecule has 0 N–H and O–H groups in total. The third-order valence-electron chi connectivity index (χ3n) is 14.4. The van der Waals surface area contributed by atoms with E-state index in [1.54, 1.807) is 16.8 Å². The summed E-state index contributed by atoms with van der Waals surface area (Å²) in [7, 11) is 0. The fourth-order valence-corrected chi connectivity index (χ4v) is 12.3. The largest absolute Gasteiger partial charge is 0.490 e. The van der Waals surface area contributed by atoms with Crippen molar-refractivity contribution in [2.75, 3.05) is 0 Å². The summed E-state index contributed by atoms with van der Waals surface area (Å²) in [6.07, 6.45) is 48.1. The first-order chi connectivity index (χ1) is 25.8. The number of fused-ring (bicyclic) bond motifs is 10. The second-order valence-corrected chi connectivity index (χ2v) is 16.9. The molecule has 2 aliphatic heterocycles. The van der Waals surface area contributed by atoms with Gasteiger partial charge in [-0.25, -0.2) is 0 Å². The van der Waals surface area contributed by atoms with Crippen LogP contribution in [0.25, 0.3) is 6.08 Å². The van der Waals surface area contributed by atoms with E-state index in [2.05, 4.69) is 120 Å². The van der Waals surface area contributed by atoms with Crippen molar-refractivity contribution in [3.05, 3.63) is 160 Å². The highest BCUT2D eigenvalue weighted by molar-refractivity contribution is 5.62. The molecular weight excluding hydrogens is 635 g/mol. The van der Waals surface area contributed by atoms with Crippen LogP contribution in [0.15, 0.2) is 132 Å². The lowest BCUT2D eigenvalue weighted by Gasteiger charge is -2.62. The van der Waals surface area contributed by atoms with Crippen molar-refractivity contribution >= 4 is 6.08 Å². The van der Waals surface area contributed by atoms with Gasteiger partial charge in [0.25, 0.3) is 0 Å². The molecule has 1 aromatic heterocycles. The molecule has 1 spiro atoms. The van der Waals surface area contributed by atoms with Crippen LogP contribution >= 0.6 is 0 Å². The molecule has 0 bridgehead atoms. The second kappa shape index (κ2) is 12.5. The molecule has 11 rings (SSSR count). The molecule has 1 aromatic carbocycles. The zero-order chi connectivity index (χ0) is 34.2. The topological polar surface area (TPSA) is 23.4 Å². The van der Waals surface area contributed by atoms with E-state index in [9.17, 15) is 0 Å². The third kappa shape index (κ3) is 4.73. The zero-order valence-electron chi connectivity index (χ0n) is 30.3. The molecule has 52 heavy (non-hydrogen) atoms. The van der Waals surface area contributed by atoms with Gasteiger partial charge in [-0.1, -0.05) is 109 Å². The second-order valence-electron chi connectivity index (χ2n) is 16.9. The van der Waals surface area contributed by atoms with Gasteiger partial charge in [0.05, 0.1) is 18.2 Å². The average molecular weight is 686 g/mol. The molecule has 9 aliphatic rings. The van der Waals surface area contributed by atoms with E-state index in [0.717, 1.165) is 44.9 Å². The summed E-state index contributed by atoms with van der Waals surface area (Å²) in [6, 6.07) is 11.8. The predicted octanol–water partition coefficient (Wildman–Crippen LogP) is 10.9. The van der Waals surface area contributed by atoms with Crippen molar-refractivity contribution in [3.8, 4) is 0 Å². The van der Waals surface area contributed by atoms with E-state index >= 15 is 0 Å². The Balaban J connectivity index is 1.03. The van der Waals surface area contributed by atoms with Crippen LogP contribution in [-0.2, 0) is 28.7 Å². The van der Waals surface area contributed by atoms with Crippen LogP contribution in [0.4, 0.5) is 0 Å². The Morgan fingerprint density at radius 3 is 2.65 bits per heavy atom. The lowest BCUT2D eigenvalue weighted by atomic mass is 9.47. The average Bonchev–Trinajstić information content (AvgIpc) is 3.55. The van der Waals surface area contributed by atoms with Crippen molar-refractivity contribution in [3.63, 3.8) is 0 Å². The summed E-state index contributed by atoms with van der Waals surface area (Å²) in [5, 5.41) is 0. The number of nitrogens with zero attached hydrogens (tertiary/aromatic N) is 1. The first-order valence-electron chi connectivity index (χ1n) is 20.6. The lowest BCUT2D eigenvalue weighted by Crippen LogP contribution is -2.61. The molecular formula is C49H51NO2. The monoisotopic (exact) mass is 685 g/mol. The molecule has 264 valence electrons. The minimum absolute atomic E-state index is 0.0658. The molecule has 9 atom stereocenters. The van der Waals surface area contributed by atoms with Crippen molar-refractivity contribution < 1.29 is 9.47 Å². The van der Waals surface area contributed by atoms with Crippen LogP contribution in [0.3, 0.4) is 0 Å². The molecule has 3 heteroatoms. The Hall–Kier alpha value is -4.08. The number of hydrogen-bond donors (Lipinski definition) is 0. The van der Waals surface area contributed by atoms with Crippen molar-refractivity contribution in [2.45, 2.75) is 107 Å². The number of rotatable bonds is 3. The van der Waals surface area contributed by atoms with Crippen LogP contribution in [0.2, 0.25) is 0 Å². The van der Waals surface area contributed by atoms with Gasteiger partial charge in [0.1, 0.15) is 11.9 Å². The van der Waals surface area contributed by atoms with E-state index in [1.165, 1.54) is 65.8 Å². The summed E-state index contributed by atoms with van der Waals surface area (Å²) in [5.74, 6) is 2.79. The van der Waals surface area contributed by atoms with Gasteiger partial charge in [0, 0.05) is 53.0 Å². The van der Waals surface area contributed by atoms with Crippen LogP contribution in [-0.4, -0.2) is 22.9 Å². The van der Waals surface area contributed by atoms with E-state index in [-0.39, 0.29) is 29.6 Å². The molecule has 0 amide bonds. The smallest absolute Gasteiger partial charge is 0.124 e. The van der Waals surface area contributed by atoms with E-state index in [4.69, 9.17) is 9.47 Å². The number of benzene rings is 1.